The van der Waals surface area contributed by atoms with Crippen LogP contribution in [0.5, 0.6) is 5.75 Å². The minimum absolute atomic E-state index is 0.0400. The summed E-state index contributed by atoms with van der Waals surface area (Å²) in [6.07, 6.45) is 5.32. The molecule has 5 N–H and O–H groups in total. The second-order valence-corrected chi connectivity index (χ2v) is 10.3. The van der Waals surface area contributed by atoms with Gasteiger partial charge in [0.2, 0.25) is 17.8 Å². The molecule has 194 valence electrons. The Hall–Kier alpha value is -2.70. The Morgan fingerprint density at radius 1 is 1.20 bits per heavy atom. The first kappa shape index (κ1) is 26.9. The molecule has 1 aliphatic rings. The van der Waals surface area contributed by atoms with Crippen LogP contribution in [0, 0.1) is 5.92 Å². The van der Waals surface area contributed by atoms with Crippen LogP contribution >= 0.6 is 0 Å². The normalized spacial score (nSPS) is 17.6. The van der Waals surface area contributed by atoms with E-state index >= 15 is 0 Å². The van der Waals surface area contributed by atoms with Crippen molar-refractivity contribution in [1.29, 1.82) is 0 Å². The van der Waals surface area contributed by atoms with Crippen LogP contribution in [0.2, 0.25) is 0 Å². The highest BCUT2D eigenvalue weighted by molar-refractivity contribution is 7.86. The number of nitrogens with zero attached hydrogens (tertiary/aromatic N) is 3. The highest BCUT2D eigenvalue weighted by Crippen LogP contribution is 2.28. The van der Waals surface area contributed by atoms with Crippen LogP contribution in [0.25, 0.3) is 0 Å². The third-order valence-corrected chi connectivity index (χ3v) is 6.94. The van der Waals surface area contributed by atoms with Crippen molar-refractivity contribution in [2.24, 2.45) is 5.92 Å². The summed E-state index contributed by atoms with van der Waals surface area (Å²) in [5, 5.41) is 13.3. The molecular weight excluding hydrogens is 470 g/mol. The summed E-state index contributed by atoms with van der Waals surface area (Å²) < 4.78 is 38.2. The van der Waals surface area contributed by atoms with E-state index in [1.807, 2.05) is 0 Å². The largest absolute Gasteiger partial charge is 0.495 e. The maximum atomic E-state index is 11.8. The monoisotopic (exact) mass is 507 g/mol. The Balaban J connectivity index is 1.88. The fourth-order valence-corrected chi connectivity index (χ4v) is 4.91. The molecule has 1 saturated heterocycles. The van der Waals surface area contributed by atoms with E-state index in [0.717, 1.165) is 38.6 Å². The molecule has 1 aromatic heterocycles. The summed E-state index contributed by atoms with van der Waals surface area (Å²) >= 11 is 0. The Kier molecular flexibility index (Phi) is 9.47. The fraction of sp³-hybridized carbons (Fsp3) is 0.609. The van der Waals surface area contributed by atoms with E-state index in [0.29, 0.717) is 36.1 Å². The molecule has 0 bridgehead atoms. The van der Waals surface area contributed by atoms with E-state index in [9.17, 15) is 13.0 Å². The molecule has 0 amide bonds. The number of hydrogen-bond acceptors (Lipinski definition) is 10. The van der Waals surface area contributed by atoms with Crippen LogP contribution in [0.4, 0.5) is 23.5 Å². The molecule has 0 spiro atoms. The lowest BCUT2D eigenvalue weighted by molar-refractivity contribution is 0.397. The van der Waals surface area contributed by atoms with Crippen molar-refractivity contribution < 1.29 is 17.7 Å². The zero-order chi connectivity index (χ0) is 25.4. The zero-order valence-electron chi connectivity index (χ0n) is 20.8. The lowest BCUT2D eigenvalue weighted by Crippen LogP contribution is -2.40. The van der Waals surface area contributed by atoms with Gasteiger partial charge >= 0.3 is 0 Å². The maximum Gasteiger partial charge on any atom is 0.298 e. The fourth-order valence-electron chi connectivity index (χ4n) is 4.23. The van der Waals surface area contributed by atoms with Gasteiger partial charge < -0.3 is 26.0 Å². The molecule has 3 atom stereocenters. The molecule has 12 heteroatoms. The van der Waals surface area contributed by atoms with Crippen LogP contribution < -0.4 is 26.0 Å². The van der Waals surface area contributed by atoms with Gasteiger partial charge in [-0.05, 0) is 56.3 Å². The van der Waals surface area contributed by atoms with Gasteiger partial charge in [0.25, 0.3) is 10.1 Å². The molecule has 11 nitrogen and oxygen atoms in total. The van der Waals surface area contributed by atoms with E-state index in [2.05, 4.69) is 57.0 Å². The molecule has 35 heavy (non-hydrogen) atoms. The van der Waals surface area contributed by atoms with Crippen molar-refractivity contribution in [1.82, 2.24) is 20.3 Å². The third kappa shape index (κ3) is 7.64. The Bertz CT molecular complexity index is 1080. The topological polar surface area (TPSA) is 150 Å². The average molecular weight is 508 g/mol. The summed E-state index contributed by atoms with van der Waals surface area (Å²) in [6.45, 7) is 8.16. The highest BCUT2D eigenvalue weighted by atomic mass is 32.2. The van der Waals surface area contributed by atoms with Crippen molar-refractivity contribution in [3.8, 4) is 5.75 Å². The quantitative estimate of drug-likeness (QED) is 0.253. The molecular formula is C23H37N7O4S. The first-order valence-corrected chi connectivity index (χ1v) is 13.6. The Morgan fingerprint density at radius 2 is 1.94 bits per heavy atom. The highest BCUT2D eigenvalue weighted by Gasteiger charge is 2.24. The minimum atomic E-state index is -4.48. The number of nitrogens with one attached hydrogen (secondary N) is 4. The number of anilines is 4. The first-order valence-electron chi connectivity index (χ1n) is 12.2. The third-order valence-electron chi connectivity index (χ3n) is 6.06. The number of benzene rings is 1. The molecule has 1 aliphatic heterocycles. The van der Waals surface area contributed by atoms with Gasteiger partial charge in [0.05, 0.1) is 7.11 Å². The van der Waals surface area contributed by atoms with Crippen molar-refractivity contribution >= 4 is 33.7 Å². The number of hydrogen-bond donors (Lipinski definition) is 5. The van der Waals surface area contributed by atoms with Crippen molar-refractivity contribution in [2.75, 3.05) is 36.1 Å². The van der Waals surface area contributed by atoms with Gasteiger partial charge in [0, 0.05) is 24.3 Å². The summed E-state index contributed by atoms with van der Waals surface area (Å²) in [7, 11) is -3.14. The van der Waals surface area contributed by atoms with E-state index in [4.69, 9.17) is 4.74 Å². The van der Waals surface area contributed by atoms with E-state index in [1.165, 1.54) is 19.2 Å². The van der Waals surface area contributed by atoms with Crippen molar-refractivity contribution in [3.63, 3.8) is 0 Å². The maximum absolute atomic E-state index is 11.8. The molecule has 2 heterocycles. The summed E-state index contributed by atoms with van der Waals surface area (Å²) in [5.41, 5.74) is 0.380. The first-order chi connectivity index (χ1) is 16.7. The van der Waals surface area contributed by atoms with Crippen LogP contribution in [-0.2, 0) is 10.1 Å². The number of aromatic nitrogens is 3. The Morgan fingerprint density at radius 3 is 2.57 bits per heavy atom. The molecule has 1 fully saturated rings. The molecule has 3 rings (SSSR count). The van der Waals surface area contributed by atoms with E-state index in [-0.39, 0.29) is 22.6 Å². The predicted octanol–water partition coefficient (Wildman–Crippen LogP) is 3.66. The summed E-state index contributed by atoms with van der Waals surface area (Å²) in [6, 6.07) is 4.85. The van der Waals surface area contributed by atoms with Crippen LogP contribution in [-0.4, -0.2) is 60.2 Å². The summed E-state index contributed by atoms with van der Waals surface area (Å²) in [4.78, 5) is 13.3. The predicted molar refractivity (Wildman–Crippen MR) is 137 cm³/mol. The van der Waals surface area contributed by atoms with Gasteiger partial charge in [-0.2, -0.15) is 23.4 Å². The molecule has 3 unspecified atom stereocenters. The zero-order valence-corrected chi connectivity index (χ0v) is 21.7. The van der Waals surface area contributed by atoms with Crippen molar-refractivity contribution in [2.45, 2.75) is 69.9 Å². The minimum Gasteiger partial charge on any atom is -0.495 e. The van der Waals surface area contributed by atoms with Gasteiger partial charge in [-0.25, -0.2) is 0 Å². The lowest BCUT2D eigenvalue weighted by atomic mass is 10.0. The van der Waals surface area contributed by atoms with Gasteiger partial charge in [-0.15, -0.1) is 0 Å². The van der Waals surface area contributed by atoms with Gasteiger partial charge in [0.1, 0.15) is 10.6 Å². The molecule has 0 radical (unpaired) electrons. The van der Waals surface area contributed by atoms with E-state index in [1.54, 1.807) is 6.07 Å². The standard InChI is InChI=1S/C23H37N7O4S/c1-5-8-15(3)14-25-21-28-22(26-16-10-11-19(34-4)20(13-16)35(31,32)33)30-23(29-21)27-17(6-2)18-9-7-12-24-18/h10-11,13,15,17-18,24H,5-9,12,14H2,1-4H3,(H,31,32,33)(H3,25,26,27,28,29,30). The molecule has 0 aliphatic carbocycles. The van der Waals surface area contributed by atoms with Gasteiger partial charge in [-0.1, -0.05) is 27.2 Å². The SMILES string of the molecule is CCCC(C)CNc1nc(Nc2ccc(OC)c(S(=O)(=O)O)c2)nc(NC(CC)C2CCCN2)n1. The summed E-state index contributed by atoms with van der Waals surface area (Å²) in [5.74, 6) is 1.59. The number of rotatable bonds is 13. The second-order valence-electron chi connectivity index (χ2n) is 8.91. The lowest BCUT2D eigenvalue weighted by Gasteiger charge is -2.24. The second kappa shape index (κ2) is 12.3. The molecule has 2 aromatic rings. The van der Waals surface area contributed by atoms with Gasteiger partial charge in [0.15, 0.2) is 0 Å². The van der Waals surface area contributed by atoms with Gasteiger partial charge in [-0.3, -0.25) is 4.55 Å². The smallest absolute Gasteiger partial charge is 0.298 e. The molecule has 1 aromatic carbocycles. The molecule has 0 saturated carbocycles. The Labute approximate surface area is 207 Å². The van der Waals surface area contributed by atoms with Crippen LogP contribution in [0.3, 0.4) is 0 Å². The van der Waals surface area contributed by atoms with Crippen molar-refractivity contribution in [3.05, 3.63) is 18.2 Å². The van der Waals surface area contributed by atoms with Crippen LogP contribution in [0.1, 0.15) is 52.9 Å². The number of ether oxygens (including phenoxy) is 1. The van der Waals surface area contributed by atoms with Crippen LogP contribution in [0.15, 0.2) is 23.1 Å². The van der Waals surface area contributed by atoms with E-state index < -0.39 is 10.1 Å². The average Bonchev–Trinajstić information content (AvgIpc) is 3.35. The number of methoxy groups -OCH3 is 1.